The first-order valence-electron chi connectivity index (χ1n) is 7.91. The van der Waals surface area contributed by atoms with E-state index in [4.69, 9.17) is 4.74 Å². The van der Waals surface area contributed by atoms with Gasteiger partial charge in [0.1, 0.15) is 5.82 Å². The highest BCUT2D eigenvalue weighted by Gasteiger charge is 2.25. The zero-order chi connectivity index (χ0) is 17.5. The summed E-state index contributed by atoms with van der Waals surface area (Å²) in [5.41, 5.74) is 0.440. The van der Waals surface area contributed by atoms with Crippen molar-refractivity contribution in [3.05, 3.63) is 30.1 Å². The Morgan fingerprint density at radius 3 is 2.46 bits per heavy atom. The van der Waals surface area contributed by atoms with E-state index in [1.54, 1.807) is 0 Å². The molecule has 130 valence electrons. The van der Waals surface area contributed by atoms with Gasteiger partial charge < -0.3 is 15.0 Å². The van der Waals surface area contributed by atoms with Crippen molar-refractivity contribution >= 4 is 23.5 Å². The lowest BCUT2D eigenvalue weighted by molar-refractivity contribution is -0.155. The van der Waals surface area contributed by atoms with E-state index in [2.05, 4.69) is 5.32 Å². The van der Waals surface area contributed by atoms with Gasteiger partial charge in [-0.05, 0) is 37.1 Å². The standard InChI is InChI=1S/C17H21FN2O4/c1-20(10-15(21)19-14-8-6-13(18)7-9-14)16(22)11-24-17(23)12-4-2-3-5-12/h6-9,12H,2-5,10-11H2,1H3,(H,19,21). The fourth-order valence-corrected chi connectivity index (χ4v) is 2.56. The fourth-order valence-electron chi connectivity index (χ4n) is 2.56. The summed E-state index contributed by atoms with van der Waals surface area (Å²) < 4.78 is 17.8. The van der Waals surface area contributed by atoms with E-state index in [1.165, 1.54) is 36.2 Å². The van der Waals surface area contributed by atoms with Gasteiger partial charge >= 0.3 is 5.97 Å². The number of benzene rings is 1. The van der Waals surface area contributed by atoms with Crippen molar-refractivity contribution in [2.45, 2.75) is 25.7 Å². The largest absolute Gasteiger partial charge is 0.455 e. The number of nitrogens with one attached hydrogen (secondary N) is 1. The molecule has 24 heavy (non-hydrogen) atoms. The Balaban J connectivity index is 1.73. The maximum absolute atomic E-state index is 12.8. The van der Waals surface area contributed by atoms with Crippen LogP contribution in [0.4, 0.5) is 10.1 Å². The van der Waals surface area contributed by atoms with Gasteiger partial charge in [0, 0.05) is 12.7 Å². The van der Waals surface area contributed by atoms with Crippen LogP contribution < -0.4 is 5.32 Å². The molecule has 1 aromatic rings. The van der Waals surface area contributed by atoms with Crippen LogP contribution in [0.1, 0.15) is 25.7 Å². The zero-order valence-corrected chi connectivity index (χ0v) is 13.6. The summed E-state index contributed by atoms with van der Waals surface area (Å²) in [6.07, 6.45) is 3.64. The van der Waals surface area contributed by atoms with Crippen LogP contribution in [0, 0.1) is 11.7 Å². The molecule has 7 heteroatoms. The highest BCUT2D eigenvalue weighted by molar-refractivity contribution is 5.94. The van der Waals surface area contributed by atoms with Gasteiger partial charge in [0.15, 0.2) is 6.61 Å². The molecule has 0 saturated heterocycles. The van der Waals surface area contributed by atoms with Gasteiger partial charge in [0.05, 0.1) is 12.5 Å². The summed E-state index contributed by atoms with van der Waals surface area (Å²) in [6.45, 7) is -0.549. The maximum Gasteiger partial charge on any atom is 0.309 e. The number of rotatable bonds is 6. The third-order valence-corrected chi connectivity index (χ3v) is 3.96. The zero-order valence-electron chi connectivity index (χ0n) is 13.6. The molecule has 0 aromatic heterocycles. The topological polar surface area (TPSA) is 75.7 Å². The number of esters is 1. The second kappa shape index (κ2) is 8.42. The lowest BCUT2D eigenvalue weighted by Crippen LogP contribution is -2.37. The van der Waals surface area contributed by atoms with Crippen LogP contribution in [-0.2, 0) is 19.1 Å². The molecule has 1 aromatic carbocycles. The Kier molecular flexibility index (Phi) is 6.28. The molecule has 1 N–H and O–H groups in total. The van der Waals surface area contributed by atoms with E-state index in [0.717, 1.165) is 25.7 Å². The minimum absolute atomic E-state index is 0.107. The summed E-state index contributed by atoms with van der Waals surface area (Å²) in [5.74, 6) is -1.71. The van der Waals surface area contributed by atoms with Gasteiger partial charge in [-0.15, -0.1) is 0 Å². The molecule has 0 atom stereocenters. The number of carbonyl (C=O) groups excluding carboxylic acids is 3. The van der Waals surface area contributed by atoms with E-state index in [0.29, 0.717) is 5.69 Å². The van der Waals surface area contributed by atoms with Crippen LogP contribution in [0.2, 0.25) is 0 Å². The van der Waals surface area contributed by atoms with E-state index >= 15 is 0 Å². The van der Waals surface area contributed by atoms with Gasteiger partial charge in [-0.3, -0.25) is 14.4 Å². The first-order chi connectivity index (χ1) is 11.5. The number of carbonyl (C=O) groups is 3. The minimum atomic E-state index is -0.449. The minimum Gasteiger partial charge on any atom is -0.455 e. The number of ether oxygens (including phenoxy) is 1. The second-order valence-corrected chi connectivity index (χ2v) is 5.89. The molecule has 0 aliphatic heterocycles. The number of hydrogen-bond donors (Lipinski definition) is 1. The fraction of sp³-hybridized carbons (Fsp3) is 0.471. The SMILES string of the molecule is CN(CC(=O)Nc1ccc(F)cc1)C(=O)COC(=O)C1CCCC1. The summed E-state index contributed by atoms with van der Waals surface area (Å²) in [4.78, 5) is 36.7. The molecular formula is C17H21FN2O4. The molecule has 0 radical (unpaired) electrons. The highest BCUT2D eigenvalue weighted by atomic mass is 19.1. The quantitative estimate of drug-likeness (QED) is 0.806. The number of amides is 2. The maximum atomic E-state index is 12.8. The Hall–Kier alpha value is -2.44. The molecule has 1 aliphatic rings. The number of nitrogens with zero attached hydrogens (tertiary/aromatic N) is 1. The van der Waals surface area contributed by atoms with E-state index in [1.807, 2.05) is 0 Å². The molecule has 0 unspecified atom stereocenters. The number of likely N-dealkylation sites (N-methyl/N-ethyl adjacent to an activating group) is 1. The molecule has 6 nitrogen and oxygen atoms in total. The number of halogens is 1. The molecule has 2 rings (SSSR count). The van der Waals surface area contributed by atoms with Gasteiger partial charge in [-0.1, -0.05) is 12.8 Å². The van der Waals surface area contributed by atoms with Crippen molar-refractivity contribution < 1.29 is 23.5 Å². The molecule has 2 amide bonds. The van der Waals surface area contributed by atoms with Crippen LogP contribution >= 0.6 is 0 Å². The Morgan fingerprint density at radius 1 is 1.21 bits per heavy atom. The molecule has 0 bridgehead atoms. The predicted octanol–water partition coefficient (Wildman–Crippen LogP) is 1.96. The van der Waals surface area contributed by atoms with Crippen molar-refractivity contribution in [1.82, 2.24) is 4.90 Å². The van der Waals surface area contributed by atoms with Crippen molar-refractivity contribution in [2.24, 2.45) is 5.92 Å². The van der Waals surface area contributed by atoms with E-state index < -0.39 is 17.6 Å². The first-order valence-corrected chi connectivity index (χ1v) is 7.91. The molecular weight excluding hydrogens is 315 g/mol. The third kappa shape index (κ3) is 5.33. The Morgan fingerprint density at radius 2 is 1.83 bits per heavy atom. The van der Waals surface area contributed by atoms with Gasteiger partial charge in [0.25, 0.3) is 5.91 Å². The van der Waals surface area contributed by atoms with Crippen molar-refractivity contribution in [1.29, 1.82) is 0 Å². The van der Waals surface area contributed by atoms with Crippen molar-refractivity contribution in [3.8, 4) is 0 Å². The summed E-state index contributed by atoms with van der Waals surface area (Å²) in [6, 6.07) is 5.32. The number of anilines is 1. The molecule has 1 fully saturated rings. The molecule has 0 spiro atoms. The van der Waals surface area contributed by atoms with Gasteiger partial charge in [0.2, 0.25) is 5.91 Å². The average Bonchev–Trinajstić information content (AvgIpc) is 3.08. The second-order valence-electron chi connectivity index (χ2n) is 5.89. The van der Waals surface area contributed by atoms with Crippen molar-refractivity contribution in [2.75, 3.05) is 25.5 Å². The summed E-state index contributed by atoms with van der Waals surface area (Å²) in [5, 5.41) is 2.56. The van der Waals surface area contributed by atoms with Crippen LogP contribution in [0.5, 0.6) is 0 Å². The number of hydrogen-bond acceptors (Lipinski definition) is 4. The predicted molar refractivity (Wildman–Crippen MR) is 85.6 cm³/mol. The summed E-state index contributed by atoms with van der Waals surface area (Å²) in [7, 11) is 1.45. The normalized spacial score (nSPS) is 14.2. The lowest BCUT2D eigenvalue weighted by Gasteiger charge is -2.17. The Labute approximate surface area is 140 Å². The average molecular weight is 336 g/mol. The van der Waals surface area contributed by atoms with Gasteiger partial charge in [-0.2, -0.15) is 0 Å². The third-order valence-electron chi connectivity index (χ3n) is 3.96. The van der Waals surface area contributed by atoms with Gasteiger partial charge in [-0.25, -0.2) is 4.39 Å². The van der Waals surface area contributed by atoms with Crippen molar-refractivity contribution in [3.63, 3.8) is 0 Å². The van der Waals surface area contributed by atoms with Crippen LogP contribution in [0.25, 0.3) is 0 Å². The smallest absolute Gasteiger partial charge is 0.309 e. The Bertz CT molecular complexity index is 597. The van der Waals surface area contributed by atoms with Crippen LogP contribution in [0.15, 0.2) is 24.3 Å². The van der Waals surface area contributed by atoms with Crippen LogP contribution in [-0.4, -0.2) is 42.9 Å². The molecule has 1 aliphatic carbocycles. The highest BCUT2D eigenvalue weighted by Crippen LogP contribution is 2.25. The molecule has 0 heterocycles. The monoisotopic (exact) mass is 336 g/mol. The summed E-state index contributed by atoms with van der Waals surface area (Å²) >= 11 is 0. The van der Waals surface area contributed by atoms with E-state index in [-0.39, 0.29) is 25.0 Å². The lowest BCUT2D eigenvalue weighted by atomic mass is 10.1. The first kappa shape index (κ1) is 17.9. The van der Waals surface area contributed by atoms with E-state index in [9.17, 15) is 18.8 Å². The molecule has 1 saturated carbocycles. The van der Waals surface area contributed by atoms with Crippen LogP contribution in [0.3, 0.4) is 0 Å².